The molecule has 1 aliphatic heterocycles. The number of nitrogens with zero attached hydrogens (tertiary/aromatic N) is 6. The van der Waals surface area contributed by atoms with Crippen molar-refractivity contribution in [2.45, 2.75) is 56.7 Å². The standard InChI is InChI=1S/C15H18N6O4/c1-9-4-6-15(21(24)25)11(7-9)14(20(22)23)5-3-10(2)8-12(14)19-13(15)16-17-18-19/h3-4,11-12H,5-8H2,1-2H3/t11-,12-,14+,15+/m0/s1. The summed E-state index contributed by atoms with van der Waals surface area (Å²) in [6.07, 6.45) is 4.58. The smallest absolute Gasteiger partial charge is 0.264 e. The molecular weight excluding hydrogens is 328 g/mol. The van der Waals surface area contributed by atoms with Crippen LogP contribution in [0.1, 0.15) is 51.4 Å². The molecule has 0 saturated carbocycles. The summed E-state index contributed by atoms with van der Waals surface area (Å²) in [6, 6.07) is -0.610. The minimum absolute atomic E-state index is 0.0713. The highest BCUT2D eigenvalue weighted by molar-refractivity contribution is 5.28. The Bertz CT molecular complexity index is 845. The van der Waals surface area contributed by atoms with Crippen molar-refractivity contribution in [1.82, 2.24) is 20.2 Å². The summed E-state index contributed by atoms with van der Waals surface area (Å²) in [7, 11) is 0. The minimum atomic E-state index is -1.66. The van der Waals surface area contributed by atoms with Crippen LogP contribution >= 0.6 is 0 Å². The van der Waals surface area contributed by atoms with Gasteiger partial charge in [0.15, 0.2) is 0 Å². The SMILES string of the molecule is CC1=CC[C@]2([N+](=O)[O-])[C@H](C1)n1nnnc1[C@@]1([N+](=O)[O-])CC=C(C)C[C@@H]21. The summed E-state index contributed by atoms with van der Waals surface area (Å²) >= 11 is 0. The van der Waals surface area contributed by atoms with Crippen LogP contribution in [0.4, 0.5) is 0 Å². The second-order valence-electron chi connectivity index (χ2n) is 7.36. The molecule has 0 radical (unpaired) electrons. The Morgan fingerprint density at radius 3 is 2.48 bits per heavy atom. The predicted octanol–water partition coefficient (Wildman–Crippen LogP) is 1.81. The van der Waals surface area contributed by atoms with Gasteiger partial charge in [-0.3, -0.25) is 20.2 Å². The Kier molecular flexibility index (Phi) is 3.13. The molecule has 0 bridgehead atoms. The van der Waals surface area contributed by atoms with Crippen LogP contribution in [0.15, 0.2) is 23.3 Å². The summed E-state index contributed by atoms with van der Waals surface area (Å²) in [5.41, 5.74) is -1.19. The van der Waals surface area contributed by atoms with Gasteiger partial charge < -0.3 is 0 Å². The largest absolute Gasteiger partial charge is 0.295 e. The average molecular weight is 346 g/mol. The molecule has 1 aromatic rings. The maximum Gasteiger partial charge on any atom is 0.295 e. The zero-order valence-corrected chi connectivity index (χ0v) is 14.0. The van der Waals surface area contributed by atoms with E-state index in [1.807, 2.05) is 19.9 Å². The number of nitro groups is 2. The zero-order valence-electron chi connectivity index (χ0n) is 14.0. The van der Waals surface area contributed by atoms with E-state index in [2.05, 4.69) is 15.5 Å². The van der Waals surface area contributed by atoms with Gasteiger partial charge in [0.2, 0.25) is 5.82 Å². The van der Waals surface area contributed by atoms with Crippen molar-refractivity contribution < 1.29 is 9.85 Å². The number of hydrogen-bond donors (Lipinski definition) is 0. The summed E-state index contributed by atoms with van der Waals surface area (Å²) in [6.45, 7) is 3.78. The van der Waals surface area contributed by atoms with Crippen molar-refractivity contribution in [3.8, 4) is 0 Å². The highest BCUT2D eigenvalue weighted by Crippen LogP contribution is 2.59. The molecule has 0 unspecified atom stereocenters. The summed E-state index contributed by atoms with van der Waals surface area (Å²) in [5.74, 6) is -0.647. The van der Waals surface area contributed by atoms with Crippen molar-refractivity contribution in [2.75, 3.05) is 0 Å². The lowest BCUT2D eigenvalue weighted by molar-refractivity contribution is -0.652. The number of tetrazole rings is 1. The van der Waals surface area contributed by atoms with E-state index >= 15 is 0 Å². The van der Waals surface area contributed by atoms with Crippen LogP contribution in [-0.2, 0) is 5.54 Å². The fraction of sp³-hybridized carbons (Fsp3) is 0.667. The third kappa shape index (κ3) is 1.76. The van der Waals surface area contributed by atoms with Gasteiger partial charge in [0.25, 0.3) is 11.1 Å². The molecule has 0 aromatic carbocycles. The molecule has 3 aliphatic rings. The lowest BCUT2D eigenvalue weighted by Gasteiger charge is -2.49. The van der Waals surface area contributed by atoms with Crippen LogP contribution in [0.25, 0.3) is 0 Å². The van der Waals surface area contributed by atoms with Gasteiger partial charge in [0.05, 0.1) is 0 Å². The molecule has 25 heavy (non-hydrogen) atoms. The van der Waals surface area contributed by atoms with Crippen molar-refractivity contribution in [3.63, 3.8) is 0 Å². The maximum absolute atomic E-state index is 12.3. The third-order valence-corrected chi connectivity index (χ3v) is 6.18. The van der Waals surface area contributed by atoms with Crippen LogP contribution in [0.3, 0.4) is 0 Å². The fourth-order valence-electron chi connectivity index (χ4n) is 4.89. The number of aromatic nitrogens is 4. The van der Waals surface area contributed by atoms with Gasteiger partial charge in [-0.1, -0.05) is 23.3 Å². The predicted molar refractivity (Wildman–Crippen MR) is 84.7 cm³/mol. The summed E-state index contributed by atoms with van der Waals surface area (Å²) in [4.78, 5) is 23.8. The number of hydrogen-bond acceptors (Lipinski definition) is 7. The van der Waals surface area contributed by atoms with Crippen molar-refractivity contribution in [3.05, 3.63) is 49.4 Å². The lowest BCUT2D eigenvalue weighted by Crippen LogP contribution is -2.67. The average Bonchev–Trinajstić information content (AvgIpc) is 3.04. The summed E-state index contributed by atoms with van der Waals surface area (Å²) in [5, 5.41) is 36.1. The normalized spacial score (nSPS) is 36.4. The van der Waals surface area contributed by atoms with E-state index in [9.17, 15) is 20.2 Å². The highest BCUT2D eigenvalue weighted by Gasteiger charge is 2.75. The van der Waals surface area contributed by atoms with Gasteiger partial charge in [-0.2, -0.15) is 0 Å². The second-order valence-corrected chi connectivity index (χ2v) is 7.36. The topological polar surface area (TPSA) is 130 Å². The molecule has 0 saturated heterocycles. The highest BCUT2D eigenvalue weighted by atomic mass is 16.6. The van der Waals surface area contributed by atoms with E-state index in [1.54, 1.807) is 6.08 Å². The Hall–Kier alpha value is -2.65. The first-order valence-corrected chi connectivity index (χ1v) is 8.22. The number of fused-ring (bicyclic) bond motifs is 6. The van der Waals surface area contributed by atoms with Crippen LogP contribution in [0, 0.1) is 26.1 Å². The third-order valence-electron chi connectivity index (χ3n) is 6.18. The van der Waals surface area contributed by atoms with Crippen LogP contribution in [-0.4, -0.2) is 35.6 Å². The van der Waals surface area contributed by atoms with Crippen molar-refractivity contribution >= 4 is 0 Å². The first-order valence-electron chi connectivity index (χ1n) is 8.22. The molecule has 2 heterocycles. The number of allylic oxidation sites excluding steroid dienone is 2. The first kappa shape index (κ1) is 15.9. The zero-order chi connectivity index (χ0) is 18.0. The van der Waals surface area contributed by atoms with Gasteiger partial charge in [-0.15, -0.1) is 5.10 Å². The maximum atomic E-state index is 12.3. The fourth-order valence-corrected chi connectivity index (χ4v) is 4.89. The van der Waals surface area contributed by atoms with E-state index in [4.69, 9.17) is 0 Å². The quantitative estimate of drug-likeness (QED) is 0.453. The number of rotatable bonds is 2. The molecule has 0 N–H and O–H groups in total. The molecule has 132 valence electrons. The molecular formula is C15H18N6O4. The van der Waals surface area contributed by atoms with Gasteiger partial charge in [-0.05, 0) is 37.1 Å². The minimum Gasteiger partial charge on any atom is -0.264 e. The van der Waals surface area contributed by atoms with E-state index < -0.39 is 28.0 Å². The molecule has 4 rings (SSSR count). The van der Waals surface area contributed by atoms with E-state index in [0.717, 1.165) is 11.1 Å². The van der Waals surface area contributed by atoms with E-state index in [1.165, 1.54) is 4.68 Å². The van der Waals surface area contributed by atoms with Gasteiger partial charge in [0, 0.05) is 22.7 Å². The van der Waals surface area contributed by atoms with Crippen LogP contribution < -0.4 is 0 Å². The van der Waals surface area contributed by atoms with Crippen LogP contribution in [0.5, 0.6) is 0 Å². The van der Waals surface area contributed by atoms with Crippen LogP contribution in [0.2, 0.25) is 0 Å². The Labute approximate surface area is 142 Å². The Morgan fingerprint density at radius 1 is 1.12 bits per heavy atom. The lowest BCUT2D eigenvalue weighted by atomic mass is 9.56. The van der Waals surface area contributed by atoms with E-state index in [0.29, 0.717) is 12.8 Å². The second kappa shape index (κ2) is 4.93. The first-order chi connectivity index (χ1) is 11.8. The van der Waals surface area contributed by atoms with Crippen molar-refractivity contribution in [1.29, 1.82) is 0 Å². The Balaban J connectivity index is 2.07. The molecule has 0 fully saturated rings. The van der Waals surface area contributed by atoms with Gasteiger partial charge >= 0.3 is 0 Å². The van der Waals surface area contributed by atoms with Gasteiger partial charge in [-0.25, -0.2) is 4.68 Å². The van der Waals surface area contributed by atoms with Gasteiger partial charge in [0.1, 0.15) is 12.0 Å². The Morgan fingerprint density at radius 2 is 1.80 bits per heavy atom. The van der Waals surface area contributed by atoms with Crippen molar-refractivity contribution in [2.24, 2.45) is 5.92 Å². The molecule has 10 nitrogen and oxygen atoms in total. The molecule has 0 spiro atoms. The summed E-state index contributed by atoms with van der Waals surface area (Å²) < 4.78 is 1.35. The molecule has 4 atom stereocenters. The molecule has 10 heteroatoms. The monoisotopic (exact) mass is 346 g/mol. The molecule has 0 amide bonds. The van der Waals surface area contributed by atoms with E-state index in [-0.39, 0.29) is 23.6 Å². The molecule has 2 aliphatic carbocycles. The molecule has 1 aromatic heterocycles.